The number of hydrogen-bond acceptors (Lipinski definition) is 4. The Balaban J connectivity index is 1.49. The first kappa shape index (κ1) is 19.3. The van der Waals surface area contributed by atoms with Crippen LogP contribution in [-0.4, -0.2) is 16.7 Å². The molecule has 0 saturated heterocycles. The lowest BCUT2D eigenvalue weighted by Crippen LogP contribution is -2.23. The van der Waals surface area contributed by atoms with Crippen LogP contribution in [0.1, 0.15) is 34.5 Å². The Kier molecular flexibility index (Phi) is 6.37. The minimum absolute atomic E-state index is 0.0719. The van der Waals surface area contributed by atoms with Gasteiger partial charge >= 0.3 is 0 Å². The minimum Gasteiger partial charge on any atom is -0.350 e. The van der Waals surface area contributed by atoms with E-state index in [9.17, 15) is 9.59 Å². The highest BCUT2D eigenvalue weighted by molar-refractivity contribution is 7.13. The number of halogens is 1. The molecular weight excluding hydrogens is 380 g/mol. The van der Waals surface area contributed by atoms with E-state index in [0.717, 1.165) is 16.3 Å². The van der Waals surface area contributed by atoms with Crippen LogP contribution in [-0.2, 0) is 11.3 Å². The molecule has 6 heteroatoms. The average molecular weight is 399 g/mol. The van der Waals surface area contributed by atoms with Crippen LogP contribution in [0.25, 0.3) is 10.6 Å². The molecule has 0 aliphatic carbocycles. The first-order valence-corrected chi connectivity index (χ1v) is 9.84. The largest absolute Gasteiger partial charge is 0.350 e. The number of carbonyl (C=O) groups is 2. The zero-order valence-electron chi connectivity index (χ0n) is 14.9. The number of ketones is 1. The van der Waals surface area contributed by atoms with Gasteiger partial charge < -0.3 is 5.32 Å². The monoisotopic (exact) mass is 398 g/mol. The summed E-state index contributed by atoms with van der Waals surface area (Å²) in [5, 5.41) is 6.29. The van der Waals surface area contributed by atoms with Gasteiger partial charge in [0.25, 0.3) is 0 Å². The number of nitrogens with zero attached hydrogens (tertiary/aromatic N) is 1. The van der Waals surface area contributed by atoms with Crippen molar-refractivity contribution in [3.05, 3.63) is 75.8 Å². The van der Waals surface area contributed by atoms with Gasteiger partial charge in [0.1, 0.15) is 5.01 Å². The lowest BCUT2D eigenvalue weighted by molar-refractivity contribution is -0.121. The quantitative estimate of drug-likeness (QED) is 0.566. The molecule has 0 spiro atoms. The van der Waals surface area contributed by atoms with E-state index in [2.05, 4.69) is 23.3 Å². The Morgan fingerprint density at radius 1 is 1.07 bits per heavy atom. The van der Waals surface area contributed by atoms with Crippen molar-refractivity contribution in [1.82, 2.24) is 10.3 Å². The number of thiazole rings is 1. The molecule has 1 heterocycles. The molecule has 0 bridgehead atoms. The third-order valence-electron chi connectivity index (χ3n) is 4.14. The number of aromatic nitrogens is 1. The van der Waals surface area contributed by atoms with Gasteiger partial charge in [-0.3, -0.25) is 9.59 Å². The van der Waals surface area contributed by atoms with E-state index in [1.807, 2.05) is 23.6 Å². The summed E-state index contributed by atoms with van der Waals surface area (Å²) in [4.78, 5) is 28.7. The maximum atomic E-state index is 12.1. The number of rotatable bonds is 7. The zero-order valence-corrected chi connectivity index (χ0v) is 16.4. The summed E-state index contributed by atoms with van der Waals surface area (Å²) in [6.07, 6.45) is 0.315. The van der Waals surface area contributed by atoms with Crippen LogP contribution in [0.3, 0.4) is 0 Å². The number of carbonyl (C=O) groups excluding carboxylic acids is 2. The van der Waals surface area contributed by atoms with Crippen molar-refractivity contribution < 1.29 is 9.59 Å². The van der Waals surface area contributed by atoms with Gasteiger partial charge in [-0.2, -0.15) is 0 Å². The van der Waals surface area contributed by atoms with Crippen molar-refractivity contribution in [3.8, 4) is 10.6 Å². The van der Waals surface area contributed by atoms with Crippen LogP contribution in [0.5, 0.6) is 0 Å². The fraction of sp³-hybridized carbons (Fsp3) is 0.190. The molecule has 3 aromatic rings. The summed E-state index contributed by atoms with van der Waals surface area (Å²) in [5.74, 6) is -0.236. The van der Waals surface area contributed by atoms with Crippen molar-refractivity contribution in [2.75, 3.05) is 0 Å². The Bertz CT molecular complexity index is 951. The van der Waals surface area contributed by atoms with Gasteiger partial charge in [-0.1, -0.05) is 35.9 Å². The fourth-order valence-electron chi connectivity index (χ4n) is 2.61. The zero-order chi connectivity index (χ0) is 19.2. The van der Waals surface area contributed by atoms with Gasteiger partial charge in [0.15, 0.2) is 5.78 Å². The molecule has 0 unspecified atom stereocenters. The summed E-state index contributed by atoms with van der Waals surface area (Å²) in [6, 6.07) is 14.8. The second-order valence-electron chi connectivity index (χ2n) is 6.17. The molecular formula is C21H19ClN2O2S. The molecule has 1 amide bonds. The van der Waals surface area contributed by atoms with Crippen LogP contribution in [0, 0.1) is 6.92 Å². The molecule has 0 fully saturated rings. The molecule has 0 radical (unpaired) electrons. The predicted molar refractivity (Wildman–Crippen MR) is 109 cm³/mol. The van der Waals surface area contributed by atoms with E-state index in [-0.39, 0.29) is 24.5 Å². The standard InChI is InChI=1S/C21H19ClN2O2S/c1-14-4-2-3-5-18(14)21-24-17(13-27-21)12-23-20(26)11-10-19(25)15-6-8-16(22)9-7-15/h2-9,13H,10-12H2,1H3,(H,23,26). The van der Waals surface area contributed by atoms with Crippen LogP contribution < -0.4 is 5.32 Å². The lowest BCUT2D eigenvalue weighted by atomic mass is 10.1. The van der Waals surface area contributed by atoms with Gasteiger partial charge in [0.2, 0.25) is 5.91 Å². The average Bonchev–Trinajstić information content (AvgIpc) is 3.14. The second-order valence-corrected chi connectivity index (χ2v) is 7.46. The Morgan fingerprint density at radius 2 is 1.81 bits per heavy atom. The van der Waals surface area contributed by atoms with Gasteiger partial charge in [0, 0.05) is 34.4 Å². The number of amides is 1. The van der Waals surface area contributed by atoms with Crippen LogP contribution in [0.4, 0.5) is 0 Å². The first-order chi connectivity index (χ1) is 13.0. The number of Topliss-reactive ketones (excluding diaryl/α,β-unsaturated/α-hetero) is 1. The van der Waals surface area contributed by atoms with Gasteiger partial charge in [-0.05, 0) is 36.8 Å². The maximum Gasteiger partial charge on any atom is 0.220 e. The number of aryl methyl sites for hydroxylation is 1. The van der Waals surface area contributed by atoms with Crippen molar-refractivity contribution in [3.63, 3.8) is 0 Å². The van der Waals surface area contributed by atoms with Crippen LogP contribution in [0.15, 0.2) is 53.9 Å². The van der Waals surface area contributed by atoms with Crippen molar-refractivity contribution in [1.29, 1.82) is 0 Å². The lowest BCUT2D eigenvalue weighted by Gasteiger charge is -2.04. The topological polar surface area (TPSA) is 59.1 Å². The molecule has 138 valence electrons. The van der Waals surface area contributed by atoms with E-state index in [0.29, 0.717) is 17.1 Å². The predicted octanol–water partition coefficient (Wildman–Crippen LogP) is 5.05. The molecule has 1 aromatic heterocycles. The van der Waals surface area contributed by atoms with Gasteiger partial charge in [-0.15, -0.1) is 11.3 Å². The molecule has 0 atom stereocenters. The first-order valence-electron chi connectivity index (χ1n) is 8.59. The van der Waals surface area contributed by atoms with Crippen molar-refractivity contribution in [2.24, 2.45) is 0 Å². The van der Waals surface area contributed by atoms with Crippen molar-refractivity contribution in [2.45, 2.75) is 26.3 Å². The van der Waals surface area contributed by atoms with E-state index in [4.69, 9.17) is 11.6 Å². The summed E-state index contributed by atoms with van der Waals surface area (Å²) < 4.78 is 0. The number of benzene rings is 2. The molecule has 0 aliphatic heterocycles. The Morgan fingerprint density at radius 3 is 2.56 bits per heavy atom. The normalized spacial score (nSPS) is 10.6. The highest BCUT2D eigenvalue weighted by atomic mass is 35.5. The smallest absolute Gasteiger partial charge is 0.220 e. The fourth-order valence-corrected chi connectivity index (χ4v) is 3.65. The Hall–Kier alpha value is -2.50. The van der Waals surface area contributed by atoms with Gasteiger partial charge in [0.05, 0.1) is 12.2 Å². The summed E-state index contributed by atoms with van der Waals surface area (Å²) in [6.45, 7) is 2.41. The summed E-state index contributed by atoms with van der Waals surface area (Å²) >= 11 is 7.37. The summed E-state index contributed by atoms with van der Waals surface area (Å²) in [5.41, 5.74) is 3.65. The molecule has 27 heavy (non-hydrogen) atoms. The van der Waals surface area contributed by atoms with E-state index >= 15 is 0 Å². The maximum absolute atomic E-state index is 12.1. The third kappa shape index (κ3) is 5.25. The molecule has 3 rings (SSSR count). The highest BCUT2D eigenvalue weighted by Crippen LogP contribution is 2.26. The Labute approximate surface area is 167 Å². The number of nitrogens with one attached hydrogen (secondary N) is 1. The van der Waals surface area contributed by atoms with Crippen LogP contribution >= 0.6 is 22.9 Å². The van der Waals surface area contributed by atoms with E-state index in [1.54, 1.807) is 35.6 Å². The van der Waals surface area contributed by atoms with Crippen molar-refractivity contribution >= 4 is 34.6 Å². The molecule has 1 N–H and O–H groups in total. The minimum atomic E-state index is -0.164. The third-order valence-corrected chi connectivity index (χ3v) is 5.32. The SMILES string of the molecule is Cc1ccccc1-c1nc(CNC(=O)CCC(=O)c2ccc(Cl)cc2)cs1. The highest BCUT2D eigenvalue weighted by Gasteiger charge is 2.11. The molecule has 0 aliphatic rings. The van der Waals surface area contributed by atoms with E-state index in [1.165, 1.54) is 5.56 Å². The second kappa shape index (κ2) is 8.93. The molecule has 0 saturated carbocycles. The number of hydrogen-bond donors (Lipinski definition) is 1. The molecule has 2 aromatic carbocycles. The molecule has 4 nitrogen and oxygen atoms in total. The van der Waals surface area contributed by atoms with E-state index < -0.39 is 0 Å². The summed E-state index contributed by atoms with van der Waals surface area (Å²) in [7, 11) is 0. The van der Waals surface area contributed by atoms with Crippen LogP contribution in [0.2, 0.25) is 5.02 Å². The van der Waals surface area contributed by atoms with Gasteiger partial charge in [-0.25, -0.2) is 4.98 Å².